The number of thiazole rings is 2. The molecule has 3 heterocycles. The molecule has 1 aromatic carbocycles. The van der Waals surface area contributed by atoms with Crippen molar-refractivity contribution in [1.29, 1.82) is 0 Å². The van der Waals surface area contributed by atoms with E-state index in [-0.39, 0.29) is 34.9 Å². The monoisotopic (exact) mass is 595 g/mol. The average Bonchev–Trinajstić information content (AvgIpc) is 3.59. The smallest absolute Gasteiger partial charge is 0.419 e. The number of benzene rings is 1. The number of hydrogen-bond acceptors (Lipinski definition) is 7. The normalized spacial score (nSPS) is 12.6. The maximum Gasteiger partial charge on any atom is 0.419 e. The van der Waals surface area contributed by atoms with Gasteiger partial charge in [0, 0.05) is 23.2 Å². The summed E-state index contributed by atoms with van der Waals surface area (Å²) in [5, 5.41) is 14.5. The van der Waals surface area contributed by atoms with Crippen LogP contribution in [-0.4, -0.2) is 26.5 Å². The number of carbonyl (C=O) groups is 2. The van der Waals surface area contributed by atoms with Crippen LogP contribution in [0.5, 0.6) is 0 Å². The van der Waals surface area contributed by atoms with E-state index < -0.39 is 29.4 Å². The number of aromatic carboxylic acids is 1. The number of aromatic nitrogens is 2. The summed E-state index contributed by atoms with van der Waals surface area (Å²) < 4.78 is 55.2. The van der Waals surface area contributed by atoms with Gasteiger partial charge in [-0.3, -0.25) is 14.2 Å². The fraction of sp³-hybridized carbons (Fsp3) is 0.120. The number of rotatable bonds is 8. The molecule has 14 heteroatoms. The molecule has 0 atom stereocenters. The number of carbonyl (C=O) groups excluding carboxylic acids is 1. The van der Waals surface area contributed by atoms with Crippen LogP contribution in [0, 0.1) is 5.82 Å². The molecule has 4 rings (SSSR count). The van der Waals surface area contributed by atoms with Crippen molar-refractivity contribution in [1.82, 2.24) is 9.55 Å². The molecule has 0 aliphatic carbocycles. The van der Waals surface area contributed by atoms with Crippen LogP contribution in [0.1, 0.15) is 27.3 Å². The molecular formula is C25H17F4N3O4S3. The molecule has 4 aromatic rings. The van der Waals surface area contributed by atoms with Crippen LogP contribution in [0.25, 0.3) is 23.3 Å². The quantitative estimate of drug-likeness (QED) is 0.286. The van der Waals surface area contributed by atoms with E-state index in [0.717, 1.165) is 34.8 Å². The number of carboxylic acid groups (broad SMARTS) is 1. The molecular weight excluding hydrogens is 578 g/mol. The minimum atomic E-state index is -4.83. The number of nitrogens with one attached hydrogen (secondary N) is 1. The molecule has 0 radical (unpaired) electrons. The predicted octanol–water partition coefficient (Wildman–Crippen LogP) is 4.78. The molecule has 0 saturated heterocycles. The Morgan fingerprint density at radius 3 is 2.59 bits per heavy atom. The lowest BCUT2D eigenvalue weighted by molar-refractivity contribution is -0.140. The number of thiophene rings is 1. The van der Waals surface area contributed by atoms with E-state index in [4.69, 9.17) is 5.11 Å². The zero-order chi connectivity index (χ0) is 28.3. The van der Waals surface area contributed by atoms with E-state index in [0.29, 0.717) is 19.6 Å². The zero-order valence-electron chi connectivity index (χ0n) is 19.6. The van der Waals surface area contributed by atoms with Crippen LogP contribution in [0.2, 0.25) is 0 Å². The summed E-state index contributed by atoms with van der Waals surface area (Å²) in [5.41, 5.74) is -1.30. The first-order chi connectivity index (χ1) is 18.5. The molecule has 1 amide bonds. The first-order valence-corrected chi connectivity index (χ1v) is 13.5. The van der Waals surface area contributed by atoms with Gasteiger partial charge in [0.1, 0.15) is 5.82 Å². The summed E-state index contributed by atoms with van der Waals surface area (Å²) in [5.74, 6) is -3.04. The van der Waals surface area contributed by atoms with E-state index in [1.165, 1.54) is 33.4 Å². The second kappa shape index (κ2) is 11.5. The SMILES string of the molecule is C=C/C=c1/s/c(=C\c2cc(-c3ccc(F)c(C(F)(F)F)c3)cs2)c(=O)n1CCC(=O)Nc1nc(C(=O)O)cs1. The predicted molar refractivity (Wildman–Crippen MR) is 143 cm³/mol. The molecule has 39 heavy (non-hydrogen) atoms. The van der Waals surface area contributed by atoms with Crippen molar-refractivity contribution in [3.8, 4) is 11.1 Å². The molecule has 202 valence electrons. The second-order valence-electron chi connectivity index (χ2n) is 7.88. The number of halogens is 4. The Labute approximate surface area is 229 Å². The van der Waals surface area contributed by atoms with Crippen molar-refractivity contribution >= 4 is 63.2 Å². The minimum Gasteiger partial charge on any atom is -0.476 e. The first kappa shape index (κ1) is 28.1. The molecule has 0 unspecified atom stereocenters. The molecule has 0 aliphatic rings. The van der Waals surface area contributed by atoms with Gasteiger partial charge in [-0.1, -0.05) is 18.7 Å². The lowest BCUT2D eigenvalue weighted by atomic mass is 10.0. The number of allylic oxidation sites excluding steroid dienone is 1. The molecule has 0 aliphatic heterocycles. The Bertz CT molecular complexity index is 1750. The number of hydrogen-bond donors (Lipinski definition) is 2. The minimum absolute atomic E-state index is 0.0251. The largest absolute Gasteiger partial charge is 0.476 e. The fourth-order valence-electron chi connectivity index (χ4n) is 3.43. The van der Waals surface area contributed by atoms with Crippen molar-refractivity contribution < 1.29 is 32.3 Å². The number of anilines is 1. The van der Waals surface area contributed by atoms with Crippen molar-refractivity contribution in [3.05, 3.63) is 89.2 Å². The van der Waals surface area contributed by atoms with E-state index >= 15 is 0 Å². The van der Waals surface area contributed by atoms with Crippen molar-refractivity contribution in [2.75, 3.05) is 5.32 Å². The third kappa shape index (κ3) is 6.58. The van der Waals surface area contributed by atoms with Gasteiger partial charge in [-0.05, 0) is 46.9 Å². The molecule has 0 spiro atoms. The molecule has 0 bridgehead atoms. The number of nitrogens with zero attached hydrogens (tertiary/aromatic N) is 2. The summed E-state index contributed by atoms with van der Waals surface area (Å²) in [7, 11) is 0. The lowest BCUT2D eigenvalue weighted by Crippen LogP contribution is -2.32. The first-order valence-electron chi connectivity index (χ1n) is 10.9. The maximum atomic E-state index is 13.7. The third-order valence-corrected chi connectivity index (χ3v) is 7.94. The third-order valence-electron chi connectivity index (χ3n) is 5.23. The van der Waals surface area contributed by atoms with E-state index in [2.05, 4.69) is 16.9 Å². The van der Waals surface area contributed by atoms with E-state index in [9.17, 15) is 31.9 Å². The van der Waals surface area contributed by atoms with Gasteiger partial charge in [0.15, 0.2) is 10.8 Å². The fourth-order valence-corrected chi connectivity index (χ4v) is 6.11. The molecule has 7 nitrogen and oxygen atoms in total. The summed E-state index contributed by atoms with van der Waals surface area (Å²) in [4.78, 5) is 40.8. The Hall–Kier alpha value is -3.88. The summed E-state index contributed by atoms with van der Waals surface area (Å²) in [6.07, 6.45) is -0.229. The molecule has 2 N–H and O–H groups in total. The lowest BCUT2D eigenvalue weighted by Gasteiger charge is -2.09. The van der Waals surface area contributed by atoms with Gasteiger partial charge in [-0.25, -0.2) is 14.2 Å². The van der Waals surface area contributed by atoms with Crippen LogP contribution in [0.4, 0.5) is 22.7 Å². The highest BCUT2D eigenvalue weighted by Crippen LogP contribution is 2.35. The van der Waals surface area contributed by atoms with Gasteiger partial charge in [-0.2, -0.15) is 13.2 Å². The van der Waals surface area contributed by atoms with Crippen molar-refractivity contribution in [2.45, 2.75) is 19.1 Å². The van der Waals surface area contributed by atoms with Crippen LogP contribution in [-0.2, 0) is 17.5 Å². The Morgan fingerprint density at radius 1 is 1.15 bits per heavy atom. The van der Waals surface area contributed by atoms with E-state index in [1.807, 2.05) is 0 Å². The van der Waals surface area contributed by atoms with Crippen LogP contribution in [0.3, 0.4) is 0 Å². The van der Waals surface area contributed by atoms with Crippen molar-refractivity contribution in [3.63, 3.8) is 0 Å². The van der Waals surface area contributed by atoms with Gasteiger partial charge in [-0.15, -0.1) is 34.0 Å². The highest BCUT2D eigenvalue weighted by molar-refractivity contribution is 7.14. The molecule has 3 aromatic heterocycles. The average molecular weight is 596 g/mol. The maximum absolute atomic E-state index is 13.7. The molecule has 0 saturated carbocycles. The van der Waals surface area contributed by atoms with Gasteiger partial charge in [0.25, 0.3) is 5.56 Å². The second-order valence-corrected chi connectivity index (χ2v) is 10.7. The summed E-state index contributed by atoms with van der Waals surface area (Å²) in [6, 6.07) is 4.37. The van der Waals surface area contributed by atoms with Crippen LogP contribution >= 0.6 is 34.0 Å². The van der Waals surface area contributed by atoms with Gasteiger partial charge >= 0.3 is 12.1 Å². The van der Waals surface area contributed by atoms with E-state index in [1.54, 1.807) is 23.6 Å². The topological polar surface area (TPSA) is 101 Å². The number of alkyl halides is 3. The van der Waals surface area contributed by atoms with Gasteiger partial charge < -0.3 is 10.4 Å². The Morgan fingerprint density at radius 2 is 1.92 bits per heavy atom. The van der Waals surface area contributed by atoms with Crippen molar-refractivity contribution in [2.24, 2.45) is 0 Å². The number of amides is 1. The van der Waals surface area contributed by atoms with Gasteiger partial charge in [0.2, 0.25) is 5.91 Å². The number of carboxylic acids is 1. The summed E-state index contributed by atoms with van der Waals surface area (Å²) >= 11 is 3.32. The zero-order valence-corrected chi connectivity index (χ0v) is 22.1. The standard InChI is InChI=1S/C25H17F4N3O4S3/c1-2-3-21-32(7-6-20(33)31-24-30-18(12-38-24)23(35)36)22(34)19(39-21)10-15-8-14(11-37-15)13-4-5-17(26)16(9-13)25(27,28)29/h2-5,8-12H,1,6-7H2,(H,35,36)(H,30,31,33)/b19-10-,21-3+. The van der Waals surface area contributed by atoms with Gasteiger partial charge in [0.05, 0.1) is 14.8 Å². The highest BCUT2D eigenvalue weighted by Gasteiger charge is 2.34. The van der Waals surface area contributed by atoms with Crippen LogP contribution < -0.4 is 20.1 Å². The highest BCUT2D eigenvalue weighted by atomic mass is 32.1. The van der Waals surface area contributed by atoms with Crippen LogP contribution in [0.15, 0.2) is 52.5 Å². The summed E-state index contributed by atoms with van der Waals surface area (Å²) in [6.45, 7) is 3.67. The molecule has 0 fully saturated rings. The Balaban J connectivity index is 1.57. The Kier molecular flexibility index (Phi) is 8.28.